The first-order valence-corrected chi connectivity index (χ1v) is 6.55. The number of nitrogens with zero attached hydrogens (tertiary/aromatic N) is 1. The molecule has 3 nitrogen and oxygen atoms in total. The van der Waals surface area contributed by atoms with E-state index in [0.29, 0.717) is 5.02 Å². The number of rotatable bonds is 3. The van der Waals surface area contributed by atoms with Crippen molar-refractivity contribution in [2.45, 2.75) is 38.8 Å². The lowest BCUT2D eigenvalue weighted by atomic mass is 10.0. The second-order valence-electron chi connectivity index (χ2n) is 5.45. The van der Waals surface area contributed by atoms with Crippen molar-refractivity contribution in [1.82, 2.24) is 4.90 Å². The Hall–Kier alpha value is -1.06. The lowest BCUT2D eigenvalue weighted by Crippen LogP contribution is -2.37. The van der Waals surface area contributed by atoms with Gasteiger partial charge in [0, 0.05) is 17.1 Å². The molecule has 0 atom stereocenters. The molecule has 1 fully saturated rings. The Kier molecular flexibility index (Phi) is 3.64. The number of aromatic carboxylic acids is 1. The minimum Gasteiger partial charge on any atom is -0.478 e. The standard InChI is InChI=1S/C14H18ClNO2/c1-14(2)6-3-7-16(14)9-11-5-4-10(13(17)18)8-12(11)15/h4-5,8H,3,6-7,9H2,1-2H3,(H,17,18). The summed E-state index contributed by atoms with van der Waals surface area (Å²) in [5.41, 5.74) is 1.44. The quantitative estimate of drug-likeness (QED) is 0.912. The molecule has 18 heavy (non-hydrogen) atoms. The fourth-order valence-electron chi connectivity index (χ4n) is 2.47. The van der Waals surface area contributed by atoms with Crippen LogP contribution in [-0.4, -0.2) is 28.1 Å². The van der Waals surface area contributed by atoms with Gasteiger partial charge in [-0.05, 0) is 50.9 Å². The van der Waals surface area contributed by atoms with Gasteiger partial charge in [0.25, 0.3) is 0 Å². The van der Waals surface area contributed by atoms with E-state index in [1.165, 1.54) is 18.9 Å². The van der Waals surface area contributed by atoms with Gasteiger partial charge in [-0.3, -0.25) is 4.90 Å². The molecule has 0 aliphatic carbocycles. The summed E-state index contributed by atoms with van der Waals surface area (Å²) in [4.78, 5) is 13.2. The molecule has 0 aromatic heterocycles. The van der Waals surface area contributed by atoms with Gasteiger partial charge in [-0.2, -0.15) is 0 Å². The van der Waals surface area contributed by atoms with Crippen molar-refractivity contribution in [3.63, 3.8) is 0 Å². The molecule has 1 aliphatic rings. The summed E-state index contributed by atoms with van der Waals surface area (Å²) in [6, 6.07) is 4.97. The normalized spacial score (nSPS) is 19.1. The third kappa shape index (κ3) is 2.68. The lowest BCUT2D eigenvalue weighted by molar-refractivity contribution is 0.0697. The molecule has 1 saturated heterocycles. The van der Waals surface area contributed by atoms with Gasteiger partial charge in [0.15, 0.2) is 0 Å². The topological polar surface area (TPSA) is 40.5 Å². The van der Waals surface area contributed by atoms with Crippen LogP contribution in [0.1, 0.15) is 42.6 Å². The predicted molar refractivity (Wildman–Crippen MR) is 72.1 cm³/mol. The Morgan fingerprint density at radius 1 is 1.50 bits per heavy atom. The van der Waals surface area contributed by atoms with Gasteiger partial charge in [0.1, 0.15) is 0 Å². The highest BCUT2D eigenvalue weighted by Gasteiger charge is 2.31. The molecule has 0 radical (unpaired) electrons. The fourth-order valence-corrected chi connectivity index (χ4v) is 2.71. The molecule has 4 heteroatoms. The van der Waals surface area contributed by atoms with Gasteiger partial charge in [-0.25, -0.2) is 4.79 Å². The molecule has 0 spiro atoms. The molecule has 98 valence electrons. The van der Waals surface area contributed by atoms with Crippen LogP contribution in [0, 0.1) is 0 Å². The van der Waals surface area contributed by atoms with Crippen LogP contribution in [0.5, 0.6) is 0 Å². The van der Waals surface area contributed by atoms with Crippen LogP contribution in [-0.2, 0) is 6.54 Å². The number of carbonyl (C=O) groups is 1. The van der Waals surface area contributed by atoms with Crippen LogP contribution in [0.15, 0.2) is 18.2 Å². The van der Waals surface area contributed by atoms with E-state index in [-0.39, 0.29) is 11.1 Å². The minimum atomic E-state index is -0.940. The van der Waals surface area contributed by atoms with Crippen molar-refractivity contribution in [2.24, 2.45) is 0 Å². The number of likely N-dealkylation sites (tertiary alicyclic amines) is 1. The molecule has 1 heterocycles. The molecule has 0 saturated carbocycles. The zero-order valence-corrected chi connectivity index (χ0v) is 11.5. The number of hydrogen-bond donors (Lipinski definition) is 1. The van der Waals surface area contributed by atoms with E-state index in [9.17, 15) is 4.79 Å². The summed E-state index contributed by atoms with van der Waals surface area (Å²) >= 11 is 6.16. The van der Waals surface area contributed by atoms with Gasteiger partial charge in [-0.1, -0.05) is 17.7 Å². The monoisotopic (exact) mass is 267 g/mol. The predicted octanol–water partition coefficient (Wildman–Crippen LogP) is 3.41. The first-order valence-electron chi connectivity index (χ1n) is 6.17. The van der Waals surface area contributed by atoms with E-state index < -0.39 is 5.97 Å². The highest BCUT2D eigenvalue weighted by Crippen LogP contribution is 2.31. The first kappa shape index (κ1) is 13.4. The lowest BCUT2D eigenvalue weighted by Gasteiger charge is -2.31. The van der Waals surface area contributed by atoms with E-state index in [1.807, 2.05) is 6.07 Å². The summed E-state index contributed by atoms with van der Waals surface area (Å²) in [7, 11) is 0. The van der Waals surface area contributed by atoms with E-state index in [1.54, 1.807) is 6.07 Å². The van der Waals surface area contributed by atoms with Crippen molar-refractivity contribution in [3.8, 4) is 0 Å². The zero-order chi connectivity index (χ0) is 13.3. The summed E-state index contributed by atoms with van der Waals surface area (Å²) in [5, 5.41) is 9.44. The van der Waals surface area contributed by atoms with Gasteiger partial charge in [-0.15, -0.1) is 0 Å². The Balaban J connectivity index is 2.17. The van der Waals surface area contributed by atoms with Crippen molar-refractivity contribution in [3.05, 3.63) is 34.3 Å². The molecule has 1 aliphatic heterocycles. The summed E-state index contributed by atoms with van der Waals surface area (Å²) in [6.45, 7) is 6.33. The molecular formula is C14H18ClNO2. The SMILES string of the molecule is CC1(C)CCCN1Cc1ccc(C(=O)O)cc1Cl. The maximum absolute atomic E-state index is 10.8. The molecule has 1 N–H and O–H groups in total. The zero-order valence-electron chi connectivity index (χ0n) is 10.7. The van der Waals surface area contributed by atoms with Crippen molar-refractivity contribution in [2.75, 3.05) is 6.54 Å². The molecule has 2 rings (SSSR count). The largest absolute Gasteiger partial charge is 0.478 e. The van der Waals surface area contributed by atoms with Crippen LogP contribution in [0.2, 0.25) is 5.02 Å². The van der Waals surface area contributed by atoms with Crippen molar-refractivity contribution >= 4 is 17.6 Å². The van der Waals surface area contributed by atoms with Crippen LogP contribution < -0.4 is 0 Å². The smallest absolute Gasteiger partial charge is 0.335 e. The average Bonchev–Trinajstić information content (AvgIpc) is 2.61. The second kappa shape index (κ2) is 4.90. The molecule has 0 amide bonds. The van der Waals surface area contributed by atoms with Gasteiger partial charge < -0.3 is 5.11 Å². The Morgan fingerprint density at radius 2 is 2.22 bits per heavy atom. The van der Waals surface area contributed by atoms with E-state index in [4.69, 9.17) is 16.7 Å². The van der Waals surface area contributed by atoms with Gasteiger partial charge >= 0.3 is 5.97 Å². The first-order chi connectivity index (χ1) is 8.40. The molecule has 0 unspecified atom stereocenters. The minimum absolute atomic E-state index is 0.203. The van der Waals surface area contributed by atoms with Crippen LogP contribution in [0.25, 0.3) is 0 Å². The Labute approximate surface area is 112 Å². The van der Waals surface area contributed by atoms with Crippen molar-refractivity contribution in [1.29, 1.82) is 0 Å². The van der Waals surface area contributed by atoms with Gasteiger partial charge in [0.2, 0.25) is 0 Å². The summed E-state index contributed by atoms with van der Waals surface area (Å²) in [5.74, 6) is -0.940. The number of hydrogen-bond acceptors (Lipinski definition) is 2. The second-order valence-corrected chi connectivity index (χ2v) is 5.86. The van der Waals surface area contributed by atoms with E-state index >= 15 is 0 Å². The molecule has 0 bridgehead atoms. The van der Waals surface area contributed by atoms with Crippen molar-refractivity contribution < 1.29 is 9.90 Å². The number of halogens is 1. The molecular weight excluding hydrogens is 250 g/mol. The van der Waals surface area contributed by atoms with Crippen LogP contribution >= 0.6 is 11.6 Å². The van der Waals surface area contributed by atoms with Gasteiger partial charge in [0.05, 0.1) is 5.56 Å². The summed E-state index contributed by atoms with van der Waals surface area (Å²) in [6.07, 6.45) is 2.40. The average molecular weight is 268 g/mol. The molecule has 1 aromatic carbocycles. The third-order valence-electron chi connectivity index (χ3n) is 3.73. The van der Waals surface area contributed by atoms with E-state index in [0.717, 1.165) is 18.7 Å². The van der Waals surface area contributed by atoms with Crippen LogP contribution in [0.4, 0.5) is 0 Å². The highest BCUT2D eigenvalue weighted by molar-refractivity contribution is 6.31. The van der Waals surface area contributed by atoms with Crippen LogP contribution in [0.3, 0.4) is 0 Å². The van der Waals surface area contributed by atoms with E-state index in [2.05, 4.69) is 18.7 Å². The number of benzene rings is 1. The Bertz CT molecular complexity index is 471. The fraction of sp³-hybridized carbons (Fsp3) is 0.500. The third-order valence-corrected chi connectivity index (χ3v) is 4.09. The molecule has 1 aromatic rings. The number of carboxylic acid groups (broad SMARTS) is 1. The maximum Gasteiger partial charge on any atom is 0.335 e. The summed E-state index contributed by atoms with van der Waals surface area (Å²) < 4.78 is 0. The Morgan fingerprint density at radius 3 is 2.72 bits per heavy atom. The highest BCUT2D eigenvalue weighted by atomic mass is 35.5. The maximum atomic E-state index is 10.8. The number of carboxylic acids is 1.